The van der Waals surface area contributed by atoms with Crippen molar-refractivity contribution in [2.45, 2.75) is 25.9 Å². The second-order valence-electron chi connectivity index (χ2n) is 5.61. The molecule has 0 aromatic carbocycles. The maximum atomic E-state index is 12.0. The van der Waals surface area contributed by atoms with E-state index < -0.39 is 0 Å². The molecule has 9 nitrogen and oxygen atoms in total. The number of likely N-dealkylation sites (N-methyl/N-ethyl adjacent to an activating group) is 1. The summed E-state index contributed by atoms with van der Waals surface area (Å²) in [6, 6.07) is 0.378. The van der Waals surface area contributed by atoms with Gasteiger partial charge in [-0.2, -0.15) is 4.98 Å². The number of aromatic nitrogens is 4. The fourth-order valence-electron chi connectivity index (χ4n) is 2.66. The molecule has 3 heterocycles. The molecule has 1 saturated heterocycles. The molecule has 0 aliphatic carbocycles. The first-order chi connectivity index (χ1) is 11.1. The molecule has 3 rings (SSSR count). The van der Waals surface area contributed by atoms with E-state index in [1.165, 1.54) is 11.3 Å². The summed E-state index contributed by atoms with van der Waals surface area (Å²) in [5, 5.41) is 14.7. The maximum Gasteiger partial charge on any atom is 0.240 e. The van der Waals surface area contributed by atoms with Crippen molar-refractivity contribution in [3.8, 4) is 0 Å². The summed E-state index contributed by atoms with van der Waals surface area (Å²) in [5.74, 6) is 1.21. The lowest BCUT2D eigenvalue weighted by Crippen LogP contribution is -2.37. The van der Waals surface area contributed by atoms with Crippen LogP contribution in [0.4, 0.5) is 5.13 Å². The monoisotopic (exact) mass is 337 g/mol. The van der Waals surface area contributed by atoms with Gasteiger partial charge in [0, 0.05) is 26.1 Å². The van der Waals surface area contributed by atoms with Gasteiger partial charge in [-0.05, 0) is 13.5 Å². The molecule has 2 aromatic heterocycles. The molecule has 1 amide bonds. The molecule has 1 atom stereocenters. The Morgan fingerprint density at radius 1 is 1.61 bits per heavy atom. The Hall–Kier alpha value is -1.91. The number of rotatable bonds is 6. The number of amides is 1. The summed E-state index contributed by atoms with van der Waals surface area (Å²) in [4.78, 5) is 20.5. The third kappa shape index (κ3) is 4.30. The highest BCUT2D eigenvalue weighted by atomic mass is 32.1. The average Bonchev–Trinajstić information content (AvgIpc) is 3.22. The minimum absolute atomic E-state index is 0.0566. The van der Waals surface area contributed by atoms with Gasteiger partial charge >= 0.3 is 0 Å². The smallest absolute Gasteiger partial charge is 0.240 e. The van der Waals surface area contributed by atoms with Gasteiger partial charge in [0.05, 0.1) is 13.1 Å². The summed E-state index contributed by atoms with van der Waals surface area (Å²) in [7, 11) is 2.04. The van der Waals surface area contributed by atoms with E-state index in [0.717, 1.165) is 19.5 Å². The fraction of sp³-hybridized carbons (Fsp3) is 0.615. The van der Waals surface area contributed by atoms with Crippen LogP contribution < -0.4 is 5.32 Å². The molecule has 1 unspecified atom stereocenters. The van der Waals surface area contributed by atoms with Gasteiger partial charge in [0.2, 0.25) is 16.9 Å². The normalized spacial score (nSPS) is 18.7. The van der Waals surface area contributed by atoms with Gasteiger partial charge in [0.25, 0.3) is 0 Å². The van der Waals surface area contributed by atoms with Crippen molar-refractivity contribution in [2.75, 3.05) is 32.0 Å². The molecule has 2 aromatic rings. The summed E-state index contributed by atoms with van der Waals surface area (Å²) >= 11 is 1.31. The lowest BCUT2D eigenvalue weighted by Gasteiger charge is -2.23. The molecule has 1 aliphatic heterocycles. The highest BCUT2D eigenvalue weighted by Gasteiger charge is 2.27. The van der Waals surface area contributed by atoms with Gasteiger partial charge < -0.3 is 4.52 Å². The first-order valence-electron chi connectivity index (χ1n) is 7.38. The third-order valence-electron chi connectivity index (χ3n) is 3.80. The molecule has 1 fully saturated rings. The van der Waals surface area contributed by atoms with Crippen LogP contribution in [0.2, 0.25) is 0 Å². The zero-order valence-electron chi connectivity index (χ0n) is 13.1. The average molecular weight is 337 g/mol. The Morgan fingerprint density at radius 2 is 2.48 bits per heavy atom. The number of hydrogen-bond acceptors (Lipinski definition) is 9. The van der Waals surface area contributed by atoms with E-state index in [9.17, 15) is 4.79 Å². The van der Waals surface area contributed by atoms with E-state index in [1.807, 2.05) is 7.05 Å². The molecule has 0 spiro atoms. The van der Waals surface area contributed by atoms with Crippen LogP contribution in [0, 0.1) is 6.92 Å². The van der Waals surface area contributed by atoms with Gasteiger partial charge in [-0.25, -0.2) is 0 Å². The van der Waals surface area contributed by atoms with Crippen LogP contribution in [0.1, 0.15) is 18.1 Å². The van der Waals surface area contributed by atoms with Crippen molar-refractivity contribution in [1.82, 2.24) is 30.1 Å². The Morgan fingerprint density at radius 3 is 3.17 bits per heavy atom. The number of carbonyl (C=O) groups excluding carboxylic acids is 1. The van der Waals surface area contributed by atoms with Crippen LogP contribution in [0.25, 0.3) is 0 Å². The summed E-state index contributed by atoms with van der Waals surface area (Å²) in [6.07, 6.45) is 1.01. The molecule has 0 saturated carbocycles. The van der Waals surface area contributed by atoms with E-state index in [-0.39, 0.29) is 5.91 Å². The lowest BCUT2D eigenvalue weighted by atomic mass is 10.2. The predicted octanol–water partition coefficient (Wildman–Crippen LogP) is 0.374. The summed E-state index contributed by atoms with van der Waals surface area (Å²) in [5.41, 5.74) is 1.59. The molecule has 0 radical (unpaired) electrons. The first kappa shape index (κ1) is 16.0. The van der Waals surface area contributed by atoms with Crippen LogP contribution in [0.15, 0.2) is 10.0 Å². The number of aryl methyl sites for hydroxylation is 1. The number of carbonyl (C=O) groups is 1. The summed E-state index contributed by atoms with van der Waals surface area (Å²) in [6.45, 7) is 4.53. The number of nitrogens with zero attached hydrogens (tertiary/aromatic N) is 6. The number of nitrogens with one attached hydrogen (secondary N) is 1. The van der Waals surface area contributed by atoms with Gasteiger partial charge in [0.15, 0.2) is 5.82 Å². The third-order valence-corrected chi connectivity index (χ3v) is 4.41. The van der Waals surface area contributed by atoms with Gasteiger partial charge in [-0.1, -0.05) is 16.5 Å². The molecule has 1 N–H and O–H groups in total. The van der Waals surface area contributed by atoms with Crippen molar-refractivity contribution in [3.63, 3.8) is 0 Å². The molecule has 23 heavy (non-hydrogen) atoms. The SMILES string of the molecule is Cc1nc(CN(C)C2CCN(CC(=O)Nc3nncs3)C2)no1. The summed E-state index contributed by atoms with van der Waals surface area (Å²) < 4.78 is 4.99. The van der Waals surface area contributed by atoms with Crippen molar-refractivity contribution in [1.29, 1.82) is 0 Å². The highest BCUT2D eigenvalue weighted by Crippen LogP contribution is 2.16. The Bertz CT molecular complexity index is 645. The quantitative estimate of drug-likeness (QED) is 0.807. The zero-order chi connectivity index (χ0) is 16.2. The van der Waals surface area contributed by atoms with Crippen molar-refractivity contribution in [2.24, 2.45) is 0 Å². The zero-order valence-corrected chi connectivity index (χ0v) is 13.9. The van der Waals surface area contributed by atoms with Crippen LogP contribution in [-0.4, -0.2) is 68.8 Å². The van der Waals surface area contributed by atoms with Gasteiger partial charge in [-0.15, -0.1) is 10.2 Å². The van der Waals surface area contributed by atoms with E-state index in [1.54, 1.807) is 12.4 Å². The molecule has 124 valence electrons. The molecule has 1 aliphatic rings. The van der Waals surface area contributed by atoms with Gasteiger partial charge in [-0.3, -0.25) is 19.9 Å². The standard InChI is InChI=1S/C13H19N7O2S/c1-9-15-11(18-22-9)6-19(2)10-3-4-20(5-10)7-12(21)16-13-17-14-8-23-13/h8,10H,3-7H2,1-2H3,(H,16,17,21). The number of likely N-dealkylation sites (tertiary alicyclic amines) is 1. The first-order valence-corrected chi connectivity index (χ1v) is 8.26. The van der Waals surface area contributed by atoms with E-state index >= 15 is 0 Å². The fourth-order valence-corrected chi connectivity index (χ4v) is 3.12. The van der Waals surface area contributed by atoms with E-state index in [4.69, 9.17) is 4.52 Å². The predicted molar refractivity (Wildman–Crippen MR) is 83.9 cm³/mol. The lowest BCUT2D eigenvalue weighted by molar-refractivity contribution is -0.117. The minimum atomic E-state index is -0.0566. The largest absolute Gasteiger partial charge is 0.340 e. The Labute approximate surface area is 137 Å². The topological polar surface area (TPSA) is 100 Å². The minimum Gasteiger partial charge on any atom is -0.340 e. The molecular formula is C13H19N7O2S. The molecule has 10 heteroatoms. The number of anilines is 1. The van der Waals surface area contributed by atoms with Crippen LogP contribution >= 0.6 is 11.3 Å². The molecule has 0 bridgehead atoms. The molecular weight excluding hydrogens is 318 g/mol. The van der Waals surface area contributed by atoms with Crippen LogP contribution in [-0.2, 0) is 11.3 Å². The van der Waals surface area contributed by atoms with Gasteiger partial charge in [0.1, 0.15) is 5.51 Å². The van der Waals surface area contributed by atoms with E-state index in [2.05, 4.69) is 35.5 Å². The van der Waals surface area contributed by atoms with Crippen LogP contribution in [0.3, 0.4) is 0 Å². The highest BCUT2D eigenvalue weighted by molar-refractivity contribution is 7.13. The second-order valence-corrected chi connectivity index (χ2v) is 6.45. The van der Waals surface area contributed by atoms with Crippen molar-refractivity contribution >= 4 is 22.4 Å². The van der Waals surface area contributed by atoms with E-state index in [0.29, 0.717) is 36.0 Å². The second kappa shape index (κ2) is 7.11. The number of hydrogen-bond donors (Lipinski definition) is 1. The maximum absolute atomic E-state index is 12.0. The Kier molecular flexibility index (Phi) is 4.94. The van der Waals surface area contributed by atoms with Crippen molar-refractivity contribution < 1.29 is 9.32 Å². The Balaban J connectivity index is 1.45. The van der Waals surface area contributed by atoms with Crippen LogP contribution in [0.5, 0.6) is 0 Å². The van der Waals surface area contributed by atoms with Crippen molar-refractivity contribution in [3.05, 3.63) is 17.2 Å².